The van der Waals surface area contributed by atoms with Gasteiger partial charge in [-0.2, -0.15) is 11.3 Å². The summed E-state index contributed by atoms with van der Waals surface area (Å²) in [6.07, 6.45) is 3.91. The Kier molecular flexibility index (Phi) is 3.65. The van der Waals surface area contributed by atoms with Crippen molar-refractivity contribution in [3.8, 4) is 0 Å². The van der Waals surface area contributed by atoms with Gasteiger partial charge in [0.05, 0.1) is 23.4 Å². The van der Waals surface area contributed by atoms with Gasteiger partial charge in [0, 0.05) is 6.54 Å². The molecule has 23 heavy (non-hydrogen) atoms. The molecule has 1 aliphatic rings. The molecule has 0 spiro atoms. The number of hydrogen-bond donors (Lipinski definition) is 0. The summed E-state index contributed by atoms with van der Waals surface area (Å²) in [5.74, 6) is 0.182. The molecular weight excluding hydrogens is 306 g/mol. The SMILES string of the molecule is C[C@@H](C(=O)N1CCC[C@@H]1c1ccsc1)n1cnc2ccccc21. The highest BCUT2D eigenvalue weighted by molar-refractivity contribution is 7.08. The zero-order chi connectivity index (χ0) is 15.8. The van der Waals surface area contributed by atoms with Crippen molar-refractivity contribution in [3.63, 3.8) is 0 Å². The van der Waals surface area contributed by atoms with Gasteiger partial charge in [-0.05, 0) is 54.3 Å². The summed E-state index contributed by atoms with van der Waals surface area (Å²) in [7, 11) is 0. The number of aromatic nitrogens is 2. The number of fused-ring (bicyclic) bond motifs is 1. The largest absolute Gasteiger partial charge is 0.334 e. The van der Waals surface area contributed by atoms with Gasteiger partial charge in [-0.25, -0.2) is 4.98 Å². The predicted molar refractivity (Wildman–Crippen MR) is 92.5 cm³/mol. The Labute approximate surface area is 139 Å². The fourth-order valence-electron chi connectivity index (χ4n) is 3.49. The molecule has 0 N–H and O–H groups in total. The minimum Gasteiger partial charge on any atom is -0.334 e. The average Bonchev–Trinajstić information content (AvgIpc) is 3.31. The first-order chi connectivity index (χ1) is 11.3. The highest BCUT2D eigenvalue weighted by Crippen LogP contribution is 2.35. The van der Waals surface area contributed by atoms with Crippen molar-refractivity contribution in [1.29, 1.82) is 0 Å². The molecule has 0 aliphatic carbocycles. The first-order valence-corrected chi connectivity index (χ1v) is 8.94. The number of thiophene rings is 1. The summed E-state index contributed by atoms with van der Waals surface area (Å²) in [5, 5.41) is 4.25. The average molecular weight is 325 g/mol. The Morgan fingerprint density at radius 2 is 2.22 bits per heavy atom. The number of benzene rings is 1. The van der Waals surface area contributed by atoms with Crippen molar-refractivity contribution < 1.29 is 4.79 Å². The van der Waals surface area contributed by atoms with Crippen LogP contribution in [-0.2, 0) is 4.79 Å². The molecule has 0 bridgehead atoms. The number of amides is 1. The fraction of sp³-hybridized carbons (Fsp3) is 0.333. The Balaban J connectivity index is 1.63. The van der Waals surface area contributed by atoms with Crippen molar-refractivity contribution in [2.45, 2.75) is 31.8 Å². The second-order valence-corrected chi connectivity index (χ2v) is 6.84. The van der Waals surface area contributed by atoms with E-state index >= 15 is 0 Å². The normalized spacial score (nSPS) is 19.3. The minimum absolute atomic E-state index is 0.182. The quantitative estimate of drug-likeness (QED) is 0.729. The molecule has 1 saturated heterocycles. The van der Waals surface area contributed by atoms with E-state index in [9.17, 15) is 4.79 Å². The summed E-state index contributed by atoms with van der Waals surface area (Å²) in [5.41, 5.74) is 3.21. The van der Waals surface area contributed by atoms with Gasteiger partial charge in [-0.1, -0.05) is 12.1 Å². The lowest BCUT2D eigenvalue weighted by atomic mass is 10.1. The fourth-order valence-corrected chi connectivity index (χ4v) is 4.19. The van der Waals surface area contributed by atoms with Crippen LogP contribution in [0.1, 0.15) is 37.4 Å². The van der Waals surface area contributed by atoms with E-state index in [0.29, 0.717) is 0 Å². The molecule has 4 rings (SSSR count). The van der Waals surface area contributed by atoms with Crippen LogP contribution in [0.25, 0.3) is 11.0 Å². The van der Waals surface area contributed by atoms with Crippen LogP contribution in [0.3, 0.4) is 0 Å². The molecule has 3 aromatic rings. The summed E-state index contributed by atoms with van der Waals surface area (Å²) < 4.78 is 1.99. The van der Waals surface area contributed by atoms with E-state index in [4.69, 9.17) is 0 Å². The standard InChI is InChI=1S/C18H19N3OS/c1-13(21-12-19-15-5-2-3-6-17(15)21)18(22)20-9-4-7-16(20)14-8-10-23-11-14/h2-3,5-6,8,10-13,16H,4,7,9H2,1H3/t13-,16+/m0/s1. The number of nitrogens with zero attached hydrogens (tertiary/aromatic N) is 3. The van der Waals surface area contributed by atoms with Crippen LogP contribution in [0.15, 0.2) is 47.4 Å². The molecular formula is C18H19N3OS. The summed E-state index contributed by atoms with van der Waals surface area (Å²) in [4.78, 5) is 19.5. The van der Waals surface area contributed by atoms with Crippen LogP contribution in [0, 0.1) is 0 Å². The number of hydrogen-bond acceptors (Lipinski definition) is 3. The molecule has 1 aromatic carbocycles. The lowest BCUT2D eigenvalue weighted by molar-refractivity contribution is -0.135. The van der Waals surface area contributed by atoms with E-state index in [2.05, 4.69) is 21.8 Å². The molecule has 2 aromatic heterocycles. The third-order valence-corrected chi connectivity index (χ3v) is 5.42. The zero-order valence-corrected chi connectivity index (χ0v) is 13.9. The van der Waals surface area contributed by atoms with E-state index in [1.165, 1.54) is 5.56 Å². The third-order valence-electron chi connectivity index (χ3n) is 4.72. The lowest BCUT2D eigenvalue weighted by Crippen LogP contribution is -2.35. The maximum absolute atomic E-state index is 13.1. The topological polar surface area (TPSA) is 38.1 Å². The number of likely N-dealkylation sites (tertiary alicyclic amines) is 1. The molecule has 1 aliphatic heterocycles. The number of carbonyl (C=O) groups is 1. The minimum atomic E-state index is -0.235. The van der Waals surface area contributed by atoms with Crippen LogP contribution < -0.4 is 0 Å². The number of imidazole rings is 1. The monoisotopic (exact) mass is 325 g/mol. The van der Waals surface area contributed by atoms with Gasteiger partial charge in [0.25, 0.3) is 0 Å². The molecule has 3 heterocycles. The zero-order valence-electron chi connectivity index (χ0n) is 13.1. The molecule has 0 radical (unpaired) electrons. The maximum atomic E-state index is 13.1. The van der Waals surface area contributed by atoms with Gasteiger partial charge < -0.3 is 9.47 Å². The van der Waals surface area contributed by atoms with Crippen LogP contribution in [0.2, 0.25) is 0 Å². The predicted octanol–water partition coefficient (Wildman–Crippen LogP) is 4.02. The molecule has 5 heteroatoms. The third kappa shape index (κ3) is 2.45. The summed E-state index contributed by atoms with van der Waals surface area (Å²) in [6, 6.07) is 10.1. The van der Waals surface area contributed by atoms with Gasteiger partial charge >= 0.3 is 0 Å². The summed E-state index contributed by atoms with van der Waals surface area (Å²) in [6.45, 7) is 2.82. The Morgan fingerprint density at radius 3 is 3.04 bits per heavy atom. The van der Waals surface area contributed by atoms with E-state index < -0.39 is 0 Å². The molecule has 118 valence electrons. The first-order valence-electron chi connectivity index (χ1n) is 8.00. The van der Waals surface area contributed by atoms with E-state index in [-0.39, 0.29) is 18.0 Å². The summed E-state index contributed by atoms with van der Waals surface area (Å²) >= 11 is 1.70. The molecule has 2 atom stereocenters. The van der Waals surface area contributed by atoms with E-state index in [1.807, 2.05) is 40.7 Å². The second-order valence-electron chi connectivity index (χ2n) is 6.06. The van der Waals surface area contributed by atoms with Gasteiger partial charge in [0.1, 0.15) is 6.04 Å². The van der Waals surface area contributed by atoms with Gasteiger partial charge in [-0.15, -0.1) is 0 Å². The van der Waals surface area contributed by atoms with Crippen LogP contribution in [0.4, 0.5) is 0 Å². The van der Waals surface area contributed by atoms with Crippen molar-refractivity contribution in [1.82, 2.24) is 14.5 Å². The smallest absolute Gasteiger partial charge is 0.245 e. The van der Waals surface area contributed by atoms with Gasteiger partial charge in [0.15, 0.2) is 0 Å². The Morgan fingerprint density at radius 1 is 1.35 bits per heavy atom. The number of carbonyl (C=O) groups excluding carboxylic acids is 1. The van der Waals surface area contributed by atoms with Gasteiger partial charge in [0.2, 0.25) is 5.91 Å². The molecule has 0 unspecified atom stereocenters. The van der Waals surface area contributed by atoms with Crippen LogP contribution in [0.5, 0.6) is 0 Å². The molecule has 0 saturated carbocycles. The van der Waals surface area contributed by atoms with Crippen LogP contribution in [-0.4, -0.2) is 26.9 Å². The first kappa shape index (κ1) is 14.5. The second kappa shape index (κ2) is 5.81. The van der Waals surface area contributed by atoms with Crippen LogP contribution >= 0.6 is 11.3 Å². The van der Waals surface area contributed by atoms with E-state index in [1.54, 1.807) is 17.7 Å². The van der Waals surface area contributed by atoms with Crippen molar-refractivity contribution in [2.75, 3.05) is 6.54 Å². The lowest BCUT2D eigenvalue weighted by Gasteiger charge is -2.28. The molecule has 1 fully saturated rings. The van der Waals surface area contributed by atoms with Crippen molar-refractivity contribution in [2.24, 2.45) is 0 Å². The highest BCUT2D eigenvalue weighted by atomic mass is 32.1. The molecule has 4 nitrogen and oxygen atoms in total. The van der Waals surface area contributed by atoms with E-state index in [0.717, 1.165) is 30.4 Å². The van der Waals surface area contributed by atoms with Crippen molar-refractivity contribution in [3.05, 3.63) is 53.0 Å². The highest BCUT2D eigenvalue weighted by Gasteiger charge is 2.33. The van der Waals surface area contributed by atoms with Gasteiger partial charge in [-0.3, -0.25) is 4.79 Å². The Hall–Kier alpha value is -2.14. The molecule has 1 amide bonds. The number of rotatable bonds is 3. The number of para-hydroxylation sites is 2. The Bertz CT molecular complexity index is 824. The van der Waals surface area contributed by atoms with Crippen molar-refractivity contribution >= 4 is 28.3 Å². The maximum Gasteiger partial charge on any atom is 0.245 e.